The number of benzene rings is 1. The molecular weight excluding hydrogens is 238 g/mol. The summed E-state index contributed by atoms with van der Waals surface area (Å²) in [5, 5.41) is 15.6. The van der Waals surface area contributed by atoms with Gasteiger partial charge in [0.05, 0.1) is 0 Å². The van der Waals surface area contributed by atoms with Crippen molar-refractivity contribution in [1.29, 1.82) is 0 Å². The number of hydrogen-bond acceptors (Lipinski definition) is 3. The van der Waals surface area contributed by atoms with Crippen molar-refractivity contribution in [2.45, 2.75) is 38.3 Å². The Balaban J connectivity index is 1.68. The minimum absolute atomic E-state index is 0.187. The SMILES string of the molecule is NC(=NO)c1ccccc1CNC(C1CC1)C1CC1. The van der Waals surface area contributed by atoms with Crippen LogP contribution in [-0.2, 0) is 6.54 Å². The Kier molecular flexibility index (Phi) is 3.42. The average molecular weight is 259 g/mol. The standard InChI is InChI=1S/C15H21N3O/c16-15(18-19)13-4-2-1-3-12(13)9-17-14(10-5-6-10)11-7-8-11/h1-4,10-11,14,17,19H,5-9H2,(H2,16,18). The van der Waals surface area contributed by atoms with Crippen LogP contribution in [0.15, 0.2) is 29.4 Å². The molecule has 2 aliphatic carbocycles. The number of rotatable bonds is 6. The third-order valence-electron chi connectivity index (χ3n) is 4.19. The minimum Gasteiger partial charge on any atom is -0.409 e. The lowest BCUT2D eigenvalue weighted by atomic mass is 10.0. The van der Waals surface area contributed by atoms with Gasteiger partial charge in [-0.3, -0.25) is 0 Å². The van der Waals surface area contributed by atoms with Crippen molar-refractivity contribution >= 4 is 5.84 Å². The Hall–Kier alpha value is -1.55. The van der Waals surface area contributed by atoms with Crippen molar-refractivity contribution in [3.8, 4) is 0 Å². The fourth-order valence-corrected chi connectivity index (χ4v) is 2.83. The molecule has 0 heterocycles. The van der Waals surface area contributed by atoms with Crippen LogP contribution in [-0.4, -0.2) is 17.1 Å². The van der Waals surface area contributed by atoms with Crippen LogP contribution in [0.3, 0.4) is 0 Å². The van der Waals surface area contributed by atoms with Crippen LogP contribution in [0.2, 0.25) is 0 Å². The maximum atomic E-state index is 8.83. The van der Waals surface area contributed by atoms with E-state index in [1.807, 2.05) is 24.3 Å². The van der Waals surface area contributed by atoms with Gasteiger partial charge in [-0.1, -0.05) is 29.4 Å². The molecule has 2 saturated carbocycles. The molecule has 0 saturated heterocycles. The number of nitrogens with zero attached hydrogens (tertiary/aromatic N) is 1. The Labute approximate surface area is 113 Å². The van der Waals surface area contributed by atoms with Crippen LogP contribution in [0.4, 0.5) is 0 Å². The molecule has 4 nitrogen and oxygen atoms in total. The lowest BCUT2D eigenvalue weighted by Gasteiger charge is -2.18. The molecule has 1 aromatic rings. The second kappa shape index (κ2) is 5.21. The zero-order valence-electron chi connectivity index (χ0n) is 11.0. The van der Waals surface area contributed by atoms with Gasteiger partial charge in [-0.2, -0.15) is 0 Å². The van der Waals surface area contributed by atoms with Crippen molar-refractivity contribution < 1.29 is 5.21 Å². The Bertz CT molecular complexity index is 466. The first-order valence-corrected chi connectivity index (χ1v) is 7.09. The Morgan fingerprint density at radius 2 is 1.89 bits per heavy atom. The molecule has 102 valence electrons. The molecule has 0 spiro atoms. The van der Waals surface area contributed by atoms with Crippen LogP contribution < -0.4 is 11.1 Å². The monoisotopic (exact) mass is 259 g/mol. The van der Waals surface area contributed by atoms with Gasteiger partial charge in [0.1, 0.15) is 0 Å². The molecule has 0 unspecified atom stereocenters. The number of nitrogens with two attached hydrogens (primary N) is 1. The quantitative estimate of drug-likeness (QED) is 0.317. The van der Waals surface area contributed by atoms with Gasteiger partial charge in [0.25, 0.3) is 0 Å². The highest BCUT2D eigenvalue weighted by Gasteiger charge is 2.40. The molecule has 4 heteroatoms. The van der Waals surface area contributed by atoms with E-state index in [0.29, 0.717) is 6.04 Å². The topological polar surface area (TPSA) is 70.6 Å². The zero-order valence-corrected chi connectivity index (χ0v) is 11.0. The van der Waals surface area contributed by atoms with Crippen LogP contribution in [0.1, 0.15) is 36.8 Å². The summed E-state index contributed by atoms with van der Waals surface area (Å²) in [7, 11) is 0. The van der Waals surface area contributed by atoms with Gasteiger partial charge in [0, 0.05) is 18.2 Å². The lowest BCUT2D eigenvalue weighted by molar-refractivity contribution is 0.318. The molecule has 4 N–H and O–H groups in total. The Morgan fingerprint density at radius 3 is 2.47 bits per heavy atom. The third kappa shape index (κ3) is 2.89. The molecule has 1 aromatic carbocycles. The van der Waals surface area contributed by atoms with E-state index in [1.54, 1.807) is 0 Å². The van der Waals surface area contributed by atoms with Crippen LogP contribution >= 0.6 is 0 Å². The second-order valence-electron chi connectivity index (χ2n) is 5.72. The molecule has 0 atom stereocenters. The highest BCUT2D eigenvalue weighted by Crippen LogP contribution is 2.44. The molecule has 0 bridgehead atoms. The number of hydrogen-bond donors (Lipinski definition) is 3. The van der Waals surface area contributed by atoms with Crippen molar-refractivity contribution in [2.24, 2.45) is 22.7 Å². The second-order valence-corrected chi connectivity index (χ2v) is 5.72. The molecular formula is C15H21N3O. The van der Waals surface area contributed by atoms with Crippen LogP contribution in [0, 0.1) is 11.8 Å². The van der Waals surface area contributed by atoms with Gasteiger partial charge in [-0.25, -0.2) is 0 Å². The van der Waals surface area contributed by atoms with Crippen molar-refractivity contribution in [3.05, 3.63) is 35.4 Å². The Morgan fingerprint density at radius 1 is 1.26 bits per heavy atom. The third-order valence-corrected chi connectivity index (χ3v) is 4.19. The van der Waals surface area contributed by atoms with Gasteiger partial charge >= 0.3 is 0 Å². The van der Waals surface area contributed by atoms with Gasteiger partial charge in [-0.05, 0) is 43.1 Å². The summed E-state index contributed by atoms with van der Waals surface area (Å²) in [4.78, 5) is 0. The van der Waals surface area contributed by atoms with Crippen LogP contribution in [0.25, 0.3) is 0 Å². The van der Waals surface area contributed by atoms with E-state index in [9.17, 15) is 0 Å². The zero-order chi connectivity index (χ0) is 13.2. The van der Waals surface area contributed by atoms with Crippen molar-refractivity contribution in [2.75, 3.05) is 0 Å². The van der Waals surface area contributed by atoms with E-state index in [4.69, 9.17) is 10.9 Å². The average Bonchev–Trinajstić information content (AvgIpc) is 3.31. The molecule has 0 aliphatic heterocycles. The summed E-state index contributed by atoms with van der Waals surface area (Å²) in [6.45, 7) is 0.796. The summed E-state index contributed by atoms with van der Waals surface area (Å²) in [5.74, 6) is 1.94. The molecule has 2 fully saturated rings. The van der Waals surface area contributed by atoms with Gasteiger partial charge in [0.15, 0.2) is 5.84 Å². The summed E-state index contributed by atoms with van der Waals surface area (Å²) >= 11 is 0. The highest BCUT2D eigenvalue weighted by atomic mass is 16.4. The summed E-state index contributed by atoms with van der Waals surface area (Å²) in [6.07, 6.45) is 5.48. The van der Waals surface area contributed by atoms with E-state index in [1.165, 1.54) is 25.7 Å². The van der Waals surface area contributed by atoms with Gasteiger partial charge in [0.2, 0.25) is 0 Å². The highest BCUT2D eigenvalue weighted by molar-refractivity contribution is 5.98. The summed E-state index contributed by atoms with van der Waals surface area (Å²) in [6, 6.07) is 8.51. The minimum atomic E-state index is 0.187. The lowest BCUT2D eigenvalue weighted by Crippen LogP contribution is -2.33. The van der Waals surface area contributed by atoms with Crippen LogP contribution in [0.5, 0.6) is 0 Å². The van der Waals surface area contributed by atoms with Crippen molar-refractivity contribution in [1.82, 2.24) is 5.32 Å². The molecule has 0 amide bonds. The first-order chi connectivity index (χ1) is 9.29. The first kappa shape index (κ1) is 12.5. The number of nitrogens with one attached hydrogen (secondary N) is 1. The number of oxime groups is 1. The molecule has 0 aromatic heterocycles. The van der Waals surface area contributed by atoms with Crippen molar-refractivity contribution in [3.63, 3.8) is 0 Å². The van der Waals surface area contributed by atoms with E-state index >= 15 is 0 Å². The smallest absolute Gasteiger partial charge is 0.170 e. The number of amidine groups is 1. The fourth-order valence-electron chi connectivity index (χ4n) is 2.83. The van der Waals surface area contributed by atoms with E-state index in [-0.39, 0.29) is 5.84 Å². The normalized spacial score (nSPS) is 19.9. The first-order valence-electron chi connectivity index (χ1n) is 7.09. The predicted molar refractivity (Wildman–Crippen MR) is 75.0 cm³/mol. The van der Waals surface area contributed by atoms with Gasteiger partial charge in [-0.15, -0.1) is 0 Å². The molecule has 3 rings (SSSR count). The summed E-state index contributed by atoms with van der Waals surface area (Å²) in [5.41, 5.74) is 7.64. The van der Waals surface area contributed by atoms with E-state index < -0.39 is 0 Å². The molecule has 2 aliphatic rings. The maximum absolute atomic E-state index is 8.83. The van der Waals surface area contributed by atoms with Gasteiger partial charge < -0.3 is 16.3 Å². The fraction of sp³-hybridized carbons (Fsp3) is 0.533. The van der Waals surface area contributed by atoms with E-state index in [0.717, 1.165) is 29.5 Å². The van der Waals surface area contributed by atoms with E-state index in [2.05, 4.69) is 10.5 Å². The summed E-state index contributed by atoms with van der Waals surface area (Å²) < 4.78 is 0. The molecule has 19 heavy (non-hydrogen) atoms. The predicted octanol–water partition coefficient (Wildman–Crippen LogP) is 2.06. The largest absolute Gasteiger partial charge is 0.409 e. The molecule has 0 radical (unpaired) electrons. The maximum Gasteiger partial charge on any atom is 0.170 e.